The highest BCUT2D eigenvalue weighted by atomic mass is 79.9. The third-order valence-electron chi connectivity index (χ3n) is 6.02. The van der Waals surface area contributed by atoms with Crippen LogP contribution in [-0.2, 0) is 31.9 Å². The molecule has 0 saturated heterocycles. The molecule has 0 spiro atoms. The number of amides is 4. The summed E-state index contributed by atoms with van der Waals surface area (Å²) < 4.78 is 11.3. The Bertz CT molecular complexity index is 1280. The van der Waals surface area contributed by atoms with Crippen LogP contribution in [-0.4, -0.2) is 47.3 Å². The van der Waals surface area contributed by atoms with Crippen LogP contribution < -0.4 is 21.3 Å². The highest BCUT2D eigenvalue weighted by molar-refractivity contribution is 9.10. The summed E-state index contributed by atoms with van der Waals surface area (Å²) >= 11 is 3.42. The normalized spacial score (nSPS) is 18.4. The van der Waals surface area contributed by atoms with Crippen molar-refractivity contribution in [2.75, 3.05) is 10.6 Å². The summed E-state index contributed by atoms with van der Waals surface area (Å²) in [6.45, 7) is 10.7. The van der Waals surface area contributed by atoms with E-state index in [1.807, 2.05) is 42.5 Å². The summed E-state index contributed by atoms with van der Waals surface area (Å²) in [6, 6.07) is 12.2. The van der Waals surface area contributed by atoms with Gasteiger partial charge < -0.3 is 30.7 Å². The number of rotatable bonds is 2. The lowest BCUT2D eigenvalue weighted by atomic mass is 10.1. The zero-order valence-electron chi connectivity index (χ0n) is 24.4. The van der Waals surface area contributed by atoms with E-state index in [1.54, 1.807) is 41.5 Å². The van der Waals surface area contributed by atoms with Crippen LogP contribution in [0.2, 0.25) is 0 Å². The molecular formula is C30H39BrN4O6. The number of carbonyl (C=O) groups excluding carboxylic acids is 4. The van der Waals surface area contributed by atoms with E-state index in [9.17, 15) is 19.2 Å². The molecule has 11 heteroatoms. The zero-order chi connectivity index (χ0) is 30.4. The molecular weight excluding hydrogens is 592 g/mol. The van der Waals surface area contributed by atoms with Crippen LogP contribution in [0.25, 0.3) is 0 Å². The van der Waals surface area contributed by atoms with E-state index < -0.39 is 35.5 Å². The lowest BCUT2D eigenvalue weighted by molar-refractivity contribution is -0.118. The van der Waals surface area contributed by atoms with Crippen LogP contribution in [0.3, 0.4) is 0 Å². The number of para-hydroxylation sites is 1. The van der Waals surface area contributed by atoms with E-state index in [2.05, 4.69) is 37.2 Å². The van der Waals surface area contributed by atoms with Gasteiger partial charge in [-0.25, -0.2) is 9.59 Å². The fourth-order valence-electron chi connectivity index (χ4n) is 4.23. The number of hydrogen-bond donors (Lipinski definition) is 4. The summed E-state index contributed by atoms with van der Waals surface area (Å²) in [5.41, 5.74) is 2.57. The minimum atomic E-state index is -0.592. The van der Waals surface area contributed by atoms with Gasteiger partial charge in [-0.3, -0.25) is 9.59 Å². The number of ether oxygens (including phenoxy) is 2. The fourth-order valence-corrected chi connectivity index (χ4v) is 4.64. The van der Waals surface area contributed by atoms with Crippen molar-refractivity contribution >= 4 is 51.3 Å². The molecule has 4 N–H and O–H groups in total. The maximum absolute atomic E-state index is 12.2. The van der Waals surface area contributed by atoms with Gasteiger partial charge in [-0.2, -0.15) is 0 Å². The molecule has 0 aliphatic carbocycles. The Morgan fingerprint density at radius 1 is 0.756 bits per heavy atom. The number of alkyl carbamates (subject to hydrolysis) is 2. The van der Waals surface area contributed by atoms with Gasteiger partial charge in [0.05, 0.1) is 0 Å². The monoisotopic (exact) mass is 630 g/mol. The van der Waals surface area contributed by atoms with Crippen molar-refractivity contribution in [2.45, 2.75) is 90.5 Å². The Hall–Kier alpha value is -3.60. The second-order valence-electron chi connectivity index (χ2n) is 11.9. The average Bonchev–Trinajstić information content (AvgIpc) is 3.09. The van der Waals surface area contributed by atoms with Crippen molar-refractivity contribution in [3.8, 4) is 0 Å². The van der Waals surface area contributed by atoms with E-state index in [0.29, 0.717) is 19.3 Å². The summed E-state index contributed by atoms with van der Waals surface area (Å²) in [5, 5.41) is 10.9. The van der Waals surface area contributed by atoms with E-state index in [0.717, 1.165) is 33.4 Å². The maximum Gasteiger partial charge on any atom is 0.408 e. The number of benzene rings is 2. The first-order valence-corrected chi connectivity index (χ1v) is 14.4. The first-order valence-electron chi connectivity index (χ1n) is 13.6. The molecule has 10 nitrogen and oxygen atoms in total. The first-order chi connectivity index (χ1) is 19.1. The molecule has 2 unspecified atom stereocenters. The minimum Gasteiger partial charge on any atom is -0.444 e. The van der Waals surface area contributed by atoms with E-state index in [4.69, 9.17) is 9.47 Å². The molecule has 0 radical (unpaired) electrons. The summed E-state index contributed by atoms with van der Waals surface area (Å²) in [4.78, 5) is 47.8. The number of carbonyl (C=O) groups is 4. The van der Waals surface area contributed by atoms with Gasteiger partial charge in [0.2, 0.25) is 11.8 Å². The number of aryl methyl sites for hydroxylation is 2. The van der Waals surface area contributed by atoms with Crippen LogP contribution >= 0.6 is 15.9 Å². The third-order valence-corrected chi connectivity index (χ3v) is 6.51. The van der Waals surface area contributed by atoms with E-state index >= 15 is 0 Å². The highest BCUT2D eigenvalue weighted by Gasteiger charge is 2.28. The summed E-state index contributed by atoms with van der Waals surface area (Å²) in [5.74, 6) is -0.428. The zero-order valence-corrected chi connectivity index (χ0v) is 25.9. The number of fused-ring (bicyclic) bond motifs is 2. The lowest BCUT2D eigenvalue weighted by Crippen LogP contribution is -2.45. The molecule has 2 atom stereocenters. The van der Waals surface area contributed by atoms with Crippen molar-refractivity contribution in [3.63, 3.8) is 0 Å². The largest absolute Gasteiger partial charge is 0.444 e. The topological polar surface area (TPSA) is 135 Å². The number of nitrogens with one attached hydrogen (secondary N) is 4. The van der Waals surface area contributed by atoms with Gasteiger partial charge in [-0.15, -0.1) is 0 Å². The Labute approximate surface area is 249 Å². The number of hydrogen-bond acceptors (Lipinski definition) is 6. The van der Waals surface area contributed by atoms with Crippen molar-refractivity contribution in [1.29, 1.82) is 0 Å². The molecule has 2 aromatic carbocycles. The van der Waals surface area contributed by atoms with Crippen LogP contribution in [0, 0.1) is 0 Å². The van der Waals surface area contributed by atoms with Crippen molar-refractivity contribution in [2.24, 2.45) is 0 Å². The third kappa shape index (κ3) is 10.4. The van der Waals surface area contributed by atoms with Gasteiger partial charge in [0.15, 0.2) is 0 Å². The predicted octanol–water partition coefficient (Wildman–Crippen LogP) is 5.69. The predicted molar refractivity (Wildman–Crippen MR) is 161 cm³/mol. The molecule has 4 amide bonds. The van der Waals surface area contributed by atoms with Crippen LogP contribution in [0.1, 0.15) is 65.5 Å². The molecule has 0 aromatic heterocycles. The Balaban J connectivity index is 0.000000226. The Morgan fingerprint density at radius 2 is 1.22 bits per heavy atom. The molecule has 2 aliphatic rings. The van der Waals surface area contributed by atoms with Crippen LogP contribution in [0.15, 0.2) is 46.9 Å². The van der Waals surface area contributed by atoms with Gasteiger partial charge in [0, 0.05) is 15.8 Å². The number of halogens is 1. The molecule has 2 aliphatic heterocycles. The van der Waals surface area contributed by atoms with Crippen LogP contribution in [0.4, 0.5) is 21.0 Å². The summed E-state index contributed by atoms with van der Waals surface area (Å²) in [6.07, 6.45) is 1.39. The van der Waals surface area contributed by atoms with Gasteiger partial charge in [-0.1, -0.05) is 34.1 Å². The van der Waals surface area contributed by atoms with Crippen molar-refractivity contribution in [3.05, 3.63) is 58.1 Å². The quantitative estimate of drug-likeness (QED) is 0.337. The Kier molecular flexibility index (Phi) is 10.4. The second-order valence-corrected chi connectivity index (χ2v) is 12.8. The fraction of sp³-hybridized carbons (Fsp3) is 0.467. The summed E-state index contributed by atoms with van der Waals surface area (Å²) in [7, 11) is 0. The first kappa shape index (κ1) is 31.9. The standard InChI is InChI=1S/C15H19BrN2O3.C15H20N2O3/c1-15(2,3)21-14(20)18-12-6-4-9-8-10(16)5-7-11(9)17-13(12)19;1-15(2,3)20-14(19)17-12-9-8-10-6-4-5-7-11(10)16-13(12)18/h5,7-8,12H,4,6H2,1-3H3,(H,17,19)(H,18,20);4-7,12H,8-9H2,1-3H3,(H,16,18)(H,17,19). The SMILES string of the molecule is CC(C)(C)OC(=O)NC1CCc2cc(Br)ccc2NC1=O.CC(C)(C)OC(=O)NC1CCc2ccccc2NC1=O. The molecule has 0 saturated carbocycles. The van der Waals surface area contributed by atoms with Gasteiger partial charge in [0.1, 0.15) is 23.3 Å². The minimum absolute atomic E-state index is 0.208. The van der Waals surface area contributed by atoms with Crippen molar-refractivity contribution in [1.82, 2.24) is 10.6 Å². The average molecular weight is 632 g/mol. The molecule has 2 aromatic rings. The molecule has 4 rings (SSSR count). The van der Waals surface area contributed by atoms with Gasteiger partial charge in [0.25, 0.3) is 0 Å². The second kappa shape index (κ2) is 13.4. The van der Waals surface area contributed by atoms with Gasteiger partial charge in [-0.05, 0) is 103 Å². The van der Waals surface area contributed by atoms with Gasteiger partial charge >= 0.3 is 12.2 Å². The van der Waals surface area contributed by atoms with E-state index in [-0.39, 0.29) is 11.8 Å². The molecule has 0 fully saturated rings. The van der Waals surface area contributed by atoms with Crippen molar-refractivity contribution < 1.29 is 28.7 Å². The smallest absolute Gasteiger partial charge is 0.408 e. The van der Waals surface area contributed by atoms with Crippen LogP contribution in [0.5, 0.6) is 0 Å². The molecule has 0 bridgehead atoms. The highest BCUT2D eigenvalue weighted by Crippen LogP contribution is 2.26. The Morgan fingerprint density at radius 3 is 1.73 bits per heavy atom. The molecule has 2 heterocycles. The lowest BCUT2D eigenvalue weighted by Gasteiger charge is -2.22. The maximum atomic E-state index is 12.2. The van der Waals surface area contributed by atoms with E-state index in [1.165, 1.54) is 0 Å². The molecule has 41 heavy (non-hydrogen) atoms. The molecule has 222 valence electrons. The number of anilines is 2.